The number of benzene rings is 3. The summed E-state index contributed by atoms with van der Waals surface area (Å²) in [4.78, 5) is 32.6. The summed E-state index contributed by atoms with van der Waals surface area (Å²) in [5, 5.41) is 4.61. The molecule has 36 heavy (non-hydrogen) atoms. The van der Waals surface area contributed by atoms with Crippen molar-refractivity contribution in [1.29, 1.82) is 0 Å². The average Bonchev–Trinajstić information content (AvgIpc) is 3.63. The first kappa shape index (κ1) is 24.4. The monoisotopic (exact) mass is 538 g/mol. The van der Waals surface area contributed by atoms with Crippen molar-refractivity contribution in [3.8, 4) is 16.9 Å². The Labute approximate surface area is 223 Å². The lowest BCUT2D eigenvalue weighted by molar-refractivity contribution is -0.117. The largest absolute Gasteiger partial charge is 0.326 e. The first-order valence-electron chi connectivity index (χ1n) is 11.3. The van der Waals surface area contributed by atoms with Crippen LogP contribution in [0.15, 0.2) is 79.0 Å². The normalized spacial score (nSPS) is 12.9. The van der Waals surface area contributed by atoms with E-state index < -0.39 is 0 Å². The lowest BCUT2D eigenvalue weighted by atomic mass is 10.2. The van der Waals surface area contributed by atoms with E-state index in [1.807, 2.05) is 30.5 Å². The predicted octanol–water partition coefficient (Wildman–Crippen LogP) is 6.74. The number of carbonyl (C=O) groups is 2. The standard InChI is InChI=1S/C27H21Cl3N4O2/c28-19-8-4-17(5-9-19)24-15-34(23-3-1-2-21(30)14-23)27(31-24)32-25(35)16-33(22-12-13-22)26(36)18-6-10-20(29)11-7-18/h1-11,14-15,22H,12-13,16H2,(H,31,32,35). The molecule has 5 rings (SSSR count). The minimum Gasteiger partial charge on any atom is -0.326 e. The van der Waals surface area contributed by atoms with E-state index in [9.17, 15) is 9.59 Å². The van der Waals surface area contributed by atoms with Gasteiger partial charge in [0.15, 0.2) is 0 Å². The Kier molecular flexibility index (Phi) is 7.01. The van der Waals surface area contributed by atoms with Crippen LogP contribution in [0, 0.1) is 0 Å². The Morgan fingerprint density at radius 2 is 1.58 bits per heavy atom. The van der Waals surface area contributed by atoms with Crippen LogP contribution in [0.5, 0.6) is 0 Å². The van der Waals surface area contributed by atoms with Crippen LogP contribution in [-0.2, 0) is 4.79 Å². The molecule has 9 heteroatoms. The minimum atomic E-state index is -0.347. The number of nitrogens with zero attached hydrogens (tertiary/aromatic N) is 3. The zero-order chi connectivity index (χ0) is 25.2. The van der Waals surface area contributed by atoms with Crippen LogP contribution < -0.4 is 5.32 Å². The lowest BCUT2D eigenvalue weighted by Crippen LogP contribution is -2.39. The second-order valence-corrected chi connectivity index (χ2v) is 9.84. The van der Waals surface area contributed by atoms with E-state index in [2.05, 4.69) is 10.3 Å². The summed E-state index contributed by atoms with van der Waals surface area (Å²) < 4.78 is 1.76. The van der Waals surface area contributed by atoms with Gasteiger partial charge in [0.1, 0.15) is 6.54 Å². The average molecular weight is 540 g/mol. The lowest BCUT2D eigenvalue weighted by Gasteiger charge is -2.22. The first-order chi connectivity index (χ1) is 17.4. The zero-order valence-electron chi connectivity index (χ0n) is 19.0. The number of anilines is 1. The number of halogens is 3. The van der Waals surface area contributed by atoms with Crippen molar-refractivity contribution in [2.75, 3.05) is 11.9 Å². The Morgan fingerprint density at radius 1 is 0.917 bits per heavy atom. The van der Waals surface area contributed by atoms with Crippen LogP contribution in [0.3, 0.4) is 0 Å². The van der Waals surface area contributed by atoms with E-state index in [4.69, 9.17) is 34.8 Å². The van der Waals surface area contributed by atoms with Crippen LogP contribution in [0.1, 0.15) is 23.2 Å². The van der Waals surface area contributed by atoms with Crippen molar-refractivity contribution in [1.82, 2.24) is 14.5 Å². The van der Waals surface area contributed by atoms with Crippen LogP contribution in [-0.4, -0.2) is 38.9 Å². The van der Waals surface area contributed by atoms with Gasteiger partial charge in [0.05, 0.1) is 5.69 Å². The Bertz CT molecular complexity index is 1410. The quantitative estimate of drug-likeness (QED) is 0.283. The number of amides is 2. The number of carbonyl (C=O) groups excluding carboxylic acids is 2. The number of hydrogen-bond acceptors (Lipinski definition) is 3. The van der Waals surface area contributed by atoms with Gasteiger partial charge in [-0.15, -0.1) is 0 Å². The highest BCUT2D eigenvalue weighted by Gasteiger charge is 2.34. The molecule has 1 heterocycles. The Balaban J connectivity index is 1.41. The molecule has 0 bridgehead atoms. The van der Waals surface area contributed by atoms with Crippen molar-refractivity contribution in [3.63, 3.8) is 0 Å². The van der Waals surface area contributed by atoms with Gasteiger partial charge in [0.2, 0.25) is 11.9 Å². The van der Waals surface area contributed by atoms with Crippen molar-refractivity contribution >= 4 is 52.6 Å². The number of imidazole rings is 1. The van der Waals surface area contributed by atoms with Crippen LogP contribution in [0.4, 0.5) is 5.95 Å². The van der Waals surface area contributed by atoms with Gasteiger partial charge in [0.25, 0.3) is 5.91 Å². The van der Waals surface area contributed by atoms with E-state index in [1.165, 1.54) is 0 Å². The summed E-state index contributed by atoms with van der Waals surface area (Å²) in [5.74, 6) is -0.230. The zero-order valence-corrected chi connectivity index (χ0v) is 21.3. The van der Waals surface area contributed by atoms with E-state index in [0.717, 1.165) is 24.1 Å². The molecule has 0 unspecified atom stereocenters. The van der Waals surface area contributed by atoms with Crippen LogP contribution in [0.2, 0.25) is 15.1 Å². The summed E-state index contributed by atoms with van der Waals surface area (Å²) in [6.07, 6.45) is 3.55. The molecule has 4 aromatic rings. The Morgan fingerprint density at radius 3 is 2.22 bits per heavy atom. The molecule has 0 spiro atoms. The highest BCUT2D eigenvalue weighted by atomic mass is 35.5. The van der Waals surface area contributed by atoms with E-state index in [0.29, 0.717) is 32.3 Å². The van der Waals surface area contributed by atoms with Crippen molar-refractivity contribution in [2.45, 2.75) is 18.9 Å². The summed E-state index contributed by atoms with van der Waals surface area (Å²) in [6, 6.07) is 21.2. The summed E-state index contributed by atoms with van der Waals surface area (Å²) in [5.41, 5.74) is 2.72. The molecule has 2 amide bonds. The molecule has 1 aliphatic carbocycles. The number of aromatic nitrogens is 2. The first-order valence-corrected chi connectivity index (χ1v) is 12.5. The third-order valence-electron chi connectivity index (χ3n) is 5.84. The fourth-order valence-electron chi connectivity index (χ4n) is 3.88. The van der Waals surface area contributed by atoms with Crippen molar-refractivity contribution < 1.29 is 9.59 Å². The summed E-state index contributed by atoms with van der Waals surface area (Å²) >= 11 is 18.2. The maximum Gasteiger partial charge on any atom is 0.254 e. The molecule has 0 radical (unpaired) electrons. The fourth-order valence-corrected chi connectivity index (χ4v) is 4.32. The van der Waals surface area contributed by atoms with Gasteiger partial charge >= 0.3 is 0 Å². The van der Waals surface area contributed by atoms with Gasteiger partial charge in [-0.25, -0.2) is 4.98 Å². The molecule has 1 fully saturated rings. The molecular weight excluding hydrogens is 519 g/mol. The third-order valence-corrected chi connectivity index (χ3v) is 6.58. The highest BCUT2D eigenvalue weighted by Crippen LogP contribution is 2.29. The fraction of sp³-hybridized carbons (Fsp3) is 0.148. The smallest absolute Gasteiger partial charge is 0.254 e. The van der Waals surface area contributed by atoms with Gasteiger partial charge in [0, 0.05) is 44.1 Å². The maximum absolute atomic E-state index is 13.2. The number of rotatable bonds is 7. The Hall–Kier alpha value is -3.32. The van der Waals surface area contributed by atoms with E-state index in [1.54, 1.807) is 58.0 Å². The summed E-state index contributed by atoms with van der Waals surface area (Å²) in [7, 11) is 0. The molecule has 6 nitrogen and oxygen atoms in total. The van der Waals surface area contributed by atoms with Gasteiger partial charge in [-0.2, -0.15) is 0 Å². The molecule has 1 aromatic heterocycles. The number of hydrogen-bond donors (Lipinski definition) is 1. The van der Waals surface area contributed by atoms with Crippen molar-refractivity contribution in [3.05, 3.63) is 99.6 Å². The number of nitrogens with one attached hydrogen (secondary N) is 1. The second-order valence-electron chi connectivity index (χ2n) is 8.53. The molecule has 0 atom stereocenters. The van der Waals surface area contributed by atoms with E-state index in [-0.39, 0.29) is 24.4 Å². The third kappa shape index (κ3) is 5.57. The van der Waals surface area contributed by atoms with Gasteiger partial charge in [-0.05, 0) is 67.4 Å². The maximum atomic E-state index is 13.2. The van der Waals surface area contributed by atoms with Gasteiger partial charge < -0.3 is 4.90 Å². The molecule has 1 aliphatic rings. The molecule has 182 valence electrons. The molecule has 0 saturated heterocycles. The van der Waals surface area contributed by atoms with Crippen molar-refractivity contribution in [2.24, 2.45) is 0 Å². The molecule has 1 N–H and O–H groups in total. The molecule has 0 aliphatic heterocycles. The van der Waals surface area contributed by atoms with Crippen LogP contribution >= 0.6 is 34.8 Å². The topological polar surface area (TPSA) is 67.2 Å². The van der Waals surface area contributed by atoms with Gasteiger partial charge in [-0.1, -0.05) is 53.0 Å². The van der Waals surface area contributed by atoms with E-state index >= 15 is 0 Å². The predicted molar refractivity (Wildman–Crippen MR) is 143 cm³/mol. The molecular formula is C27H21Cl3N4O2. The van der Waals surface area contributed by atoms with Crippen LogP contribution in [0.25, 0.3) is 16.9 Å². The molecule has 3 aromatic carbocycles. The second kappa shape index (κ2) is 10.3. The minimum absolute atomic E-state index is 0.0382. The molecule has 1 saturated carbocycles. The highest BCUT2D eigenvalue weighted by molar-refractivity contribution is 6.31. The van der Waals surface area contributed by atoms with Gasteiger partial charge in [-0.3, -0.25) is 19.5 Å². The summed E-state index contributed by atoms with van der Waals surface area (Å²) in [6.45, 7) is -0.0924. The SMILES string of the molecule is O=C(CN(C(=O)c1ccc(Cl)cc1)C1CC1)Nc1nc(-c2ccc(Cl)cc2)cn1-c1cccc(Cl)c1.